The second-order valence-electron chi connectivity index (χ2n) is 7.56. The first kappa shape index (κ1) is 15.2. The molecule has 0 aromatic heterocycles. The van der Waals surface area contributed by atoms with E-state index in [1.165, 1.54) is 11.1 Å². The van der Waals surface area contributed by atoms with Crippen LogP contribution in [0.1, 0.15) is 30.4 Å². The zero-order valence-corrected chi connectivity index (χ0v) is 14.3. The molecule has 0 radical (unpaired) electrons. The summed E-state index contributed by atoms with van der Waals surface area (Å²) in [5.41, 5.74) is 2.84. The molecule has 4 nitrogen and oxygen atoms in total. The molecule has 0 bridgehead atoms. The number of amides is 1. The molecule has 3 atom stereocenters. The van der Waals surface area contributed by atoms with E-state index in [1.807, 2.05) is 7.05 Å². The Morgan fingerprint density at radius 1 is 1.35 bits per heavy atom. The Morgan fingerprint density at radius 2 is 2.13 bits per heavy atom. The number of sulfone groups is 1. The van der Waals surface area contributed by atoms with Gasteiger partial charge in [0.05, 0.1) is 11.5 Å². The van der Waals surface area contributed by atoms with Crippen molar-refractivity contribution in [1.82, 2.24) is 4.90 Å². The summed E-state index contributed by atoms with van der Waals surface area (Å²) in [6.45, 7) is 0.576. The lowest BCUT2D eigenvalue weighted by Gasteiger charge is -2.22. The van der Waals surface area contributed by atoms with Crippen LogP contribution in [-0.4, -0.2) is 44.3 Å². The van der Waals surface area contributed by atoms with Crippen LogP contribution in [0.3, 0.4) is 0 Å². The van der Waals surface area contributed by atoms with E-state index < -0.39 is 9.84 Å². The summed E-state index contributed by atoms with van der Waals surface area (Å²) in [5.74, 6) is 0.920. The number of hydrogen-bond donors (Lipinski definition) is 0. The fourth-order valence-corrected chi connectivity index (χ4v) is 6.53. The van der Waals surface area contributed by atoms with Crippen LogP contribution in [0.5, 0.6) is 0 Å². The molecule has 124 valence electrons. The van der Waals surface area contributed by atoms with Crippen LogP contribution in [0.4, 0.5) is 0 Å². The van der Waals surface area contributed by atoms with E-state index in [9.17, 15) is 13.2 Å². The highest BCUT2D eigenvalue weighted by molar-refractivity contribution is 7.91. The number of nitrogens with zero attached hydrogens (tertiary/aromatic N) is 1. The standard InChI is InChI=1S/C18H23NO3S/c1-19(11-13-7-9-23(21,22)12-13)17(20)16-10-18(16)8-6-14-4-2-3-5-15(14)18/h2-5,13,16H,6-12H2,1H3/t13-,16+,18-/m0/s1. The highest BCUT2D eigenvalue weighted by Crippen LogP contribution is 2.61. The van der Waals surface area contributed by atoms with Crippen LogP contribution in [0.15, 0.2) is 24.3 Å². The maximum Gasteiger partial charge on any atom is 0.226 e. The van der Waals surface area contributed by atoms with Crippen molar-refractivity contribution in [3.8, 4) is 0 Å². The number of benzene rings is 1. The van der Waals surface area contributed by atoms with Crippen LogP contribution in [0, 0.1) is 11.8 Å². The molecule has 23 heavy (non-hydrogen) atoms. The van der Waals surface area contributed by atoms with Crippen molar-refractivity contribution >= 4 is 15.7 Å². The van der Waals surface area contributed by atoms with Crippen LogP contribution in [0.25, 0.3) is 0 Å². The van der Waals surface area contributed by atoms with E-state index in [0.29, 0.717) is 13.0 Å². The SMILES string of the molecule is CN(C[C@@H]1CCS(=O)(=O)C1)C(=O)[C@H]1C[C@]12CCc1ccccc12. The Hall–Kier alpha value is -1.36. The van der Waals surface area contributed by atoms with E-state index in [-0.39, 0.29) is 34.7 Å². The third-order valence-electron chi connectivity index (χ3n) is 6.00. The monoisotopic (exact) mass is 333 g/mol. The van der Waals surface area contributed by atoms with Gasteiger partial charge in [-0.25, -0.2) is 8.42 Å². The average Bonchev–Trinajstić information content (AvgIpc) is 2.98. The van der Waals surface area contributed by atoms with Gasteiger partial charge < -0.3 is 4.90 Å². The zero-order chi connectivity index (χ0) is 16.2. The molecule has 1 aromatic carbocycles. The number of hydrogen-bond acceptors (Lipinski definition) is 3. The first-order valence-electron chi connectivity index (χ1n) is 8.45. The highest BCUT2D eigenvalue weighted by Gasteiger charge is 2.61. The van der Waals surface area contributed by atoms with Gasteiger partial charge in [-0.3, -0.25) is 4.79 Å². The highest BCUT2D eigenvalue weighted by atomic mass is 32.2. The summed E-state index contributed by atoms with van der Waals surface area (Å²) in [7, 11) is -1.04. The van der Waals surface area contributed by atoms with Crippen molar-refractivity contribution < 1.29 is 13.2 Å². The first-order valence-corrected chi connectivity index (χ1v) is 10.3. The maximum atomic E-state index is 12.8. The van der Waals surface area contributed by atoms with E-state index >= 15 is 0 Å². The molecule has 5 heteroatoms. The van der Waals surface area contributed by atoms with Crippen molar-refractivity contribution in [2.75, 3.05) is 25.1 Å². The average molecular weight is 333 g/mol. The van der Waals surface area contributed by atoms with Crippen molar-refractivity contribution in [2.24, 2.45) is 11.8 Å². The van der Waals surface area contributed by atoms with Crippen molar-refractivity contribution in [3.63, 3.8) is 0 Å². The van der Waals surface area contributed by atoms with Gasteiger partial charge in [-0.15, -0.1) is 0 Å². The molecule has 1 spiro atoms. The molecule has 1 aromatic rings. The van der Waals surface area contributed by atoms with Gasteiger partial charge in [0, 0.05) is 24.9 Å². The van der Waals surface area contributed by atoms with Gasteiger partial charge >= 0.3 is 0 Å². The molecule has 1 aliphatic heterocycles. The molecule has 2 fully saturated rings. The third-order valence-corrected chi connectivity index (χ3v) is 7.84. The first-order chi connectivity index (χ1) is 10.9. The van der Waals surface area contributed by atoms with Crippen LogP contribution < -0.4 is 0 Å². The van der Waals surface area contributed by atoms with Crippen molar-refractivity contribution in [2.45, 2.75) is 31.1 Å². The normalized spacial score (nSPS) is 33.6. The second-order valence-corrected chi connectivity index (χ2v) is 9.79. The number of carbonyl (C=O) groups excluding carboxylic acids is 1. The zero-order valence-electron chi connectivity index (χ0n) is 13.5. The predicted octanol–water partition coefficient (Wildman–Crippen LogP) is 1.78. The smallest absolute Gasteiger partial charge is 0.226 e. The Labute approximate surface area is 137 Å². The van der Waals surface area contributed by atoms with E-state index in [0.717, 1.165) is 19.3 Å². The minimum atomic E-state index is -2.87. The lowest BCUT2D eigenvalue weighted by atomic mass is 9.95. The van der Waals surface area contributed by atoms with Gasteiger partial charge in [0.1, 0.15) is 0 Å². The Kier molecular flexibility index (Phi) is 3.34. The summed E-state index contributed by atoms with van der Waals surface area (Å²) in [4.78, 5) is 14.6. The molecule has 1 heterocycles. The number of carbonyl (C=O) groups is 1. The van der Waals surface area contributed by atoms with Crippen LogP contribution >= 0.6 is 0 Å². The van der Waals surface area contributed by atoms with Gasteiger partial charge in [0.25, 0.3) is 0 Å². The van der Waals surface area contributed by atoms with Crippen LogP contribution in [0.2, 0.25) is 0 Å². The van der Waals surface area contributed by atoms with E-state index in [1.54, 1.807) is 4.90 Å². The number of rotatable bonds is 3. The molecule has 2 aliphatic carbocycles. The largest absolute Gasteiger partial charge is 0.345 e. The molecule has 1 saturated carbocycles. The Balaban J connectivity index is 1.43. The van der Waals surface area contributed by atoms with Crippen molar-refractivity contribution in [1.29, 1.82) is 0 Å². The molecule has 0 N–H and O–H groups in total. The summed E-state index contributed by atoms with van der Waals surface area (Å²) in [6.07, 6.45) is 3.80. The Bertz CT molecular complexity index is 757. The molecule has 1 amide bonds. The lowest BCUT2D eigenvalue weighted by molar-refractivity contribution is -0.132. The summed E-state index contributed by atoms with van der Waals surface area (Å²) >= 11 is 0. The predicted molar refractivity (Wildman–Crippen MR) is 88.9 cm³/mol. The molecule has 3 aliphatic rings. The maximum absolute atomic E-state index is 12.8. The summed E-state index contributed by atoms with van der Waals surface area (Å²) < 4.78 is 23.2. The fourth-order valence-electron chi connectivity index (χ4n) is 4.68. The number of aryl methyl sites for hydroxylation is 1. The molecular formula is C18H23NO3S. The number of fused-ring (bicyclic) bond motifs is 2. The minimum Gasteiger partial charge on any atom is -0.345 e. The molecule has 1 saturated heterocycles. The van der Waals surface area contributed by atoms with Gasteiger partial charge in [-0.1, -0.05) is 24.3 Å². The van der Waals surface area contributed by atoms with E-state index in [2.05, 4.69) is 24.3 Å². The Morgan fingerprint density at radius 3 is 2.87 bits per heavy atom. The van der Waals surface area contributed by atoms with Gasteiger partial charge in [0.2, 0.25) is 5.91 Å². The topological polar surface area (TPSA) is 54.5 Å². The summed E-state index contributed by atoms with van der Waals surface area (Å²) in [6, 6.07) is 8.50. The third kappa shape index (κ3) is 2.49. The van der Waals surface area contributed by atoms with Gasteiger partial charge in [0.15, 0.2) is 9.84 Å². The summed E-state index contributed by atoms with van der Waals surface area (Å²) in [5, 5.41) is 0. The fraction of sp³-hybridized carbons (Fsp3) is 0.611. The van der Waals surface area contributed by atoms with Crippen molar-refractivity contribution in [3.05, 3.63) is 35.4 Å². The second kappa shape index (κ2) is 5.07. The molecule has 0 unspecified atom stereocenters. The lowest BCUT2D eigenvalue weighted by Crippen LogP contribution is -2.35. The van der Waals surface area contributed by atoms with Gasteiger partial charge in [-0.2, -0.15) is 0 Å². The minimum absolute atomic E-state index is 0.0731. The molecule has 4 rings (SSSR count). The quantitative estimate of drug-likeness (QED) is 0.847. The van der Waals surface area contributed by atoms with Crippen LogP contribution in [-0.2, 0) is 26.5 Å². The molecular weight excluding hydrogens is 310 g/mol. The van der Waals surface area contributed by atoms with Gasteiger partial charge in [-0.05, 0) is 42.7 Å². The van der Waals surface area contributed by atoms with E-state index in [4.69, 9.17) is 0 Å².